The molecule has 1 aliphatic rings. The molecule has 74 valence electrons. The van der Waals surface area contributed by atoms with Crippen LogP contribution in [0.2, 0.25) is 0 Å². The first kappa shape index (κ1) is 9.98. The van der Waals surface area contributed by atoms with Gasteiger partial charge in [-0.1, -0.05) is 13.8 Å². The molecule has 13 heavy (non-hydrogen) atoms. The predicted octanol–water partition coefficient (Wildman–Crippen LogP) is 0.197. The lowest BCUT2D eigenvalue weighted by Gasteiger charge is -2.19. The van der Waals surface area contributed by atoms with Crippen molar-refractivity contribution in [2.75, 3.05) is 6.61 Å². The van der Waals surface area contributed by atoms with Gasteiger partial charge >= 0.3 is 11.9 Å². The number of hydrogen-bond donors (Lipinski definition) is 2. The monoisotopic (exact) mass is 188 g/mol. The summed E-state index contributed by atoms with van der Waals surface area (Å²) in [6.07, 6.45) is 0. The summed E-state index contributed by atoms with van der Waals surface area (Å²) in [4.78, 5) is 21.5. The van der Waals surface area contributed by atoms with Crippen LogP contribution >= 0.6 is 0 Å². The molecule has 1 aliphatic heterocycles. The average molecular weight is 188 g/mol. The maximum Gasteiger partial charge on any atom is 0.339 e. The highest BCUT2D eigenvalue weighted by Gasteiger charge is 2.62. The van der Waals surface area contributed by atoms with Gasteiger partial charge in [-0.2, -0.15) is 0 Å². The van der Waals surface area contributed by atoms with Crippen LogP contribution in [-0.2, 0) is 14.3 Å². The van der Waals surface area contributed by atoms with E-state index in [1.165, 1.54) is 0 Å². The van der Waals surface area contributed by atoms with Crippen molar-refractivity contribution in [2.24, 2.45) is 11.8 Å². The van der Waals surface area contributed by atoms with Gasteiger partial charge in [0, 0.05) is 0 Å². The summed E-state index contributed by atoms with van der Waals surface area (Å²) in [7, 11) is 0. The molecule has 2 atom stereocenters. The van der Waals surface area contributed by atoms with E-state index in [-0.39, 0.29) is 12.5 Å². The summed E-state index contributed by atoms with van der Waals surface area (Å²) >= 11 is 0. The minimum absolute atomic E-state index is 0.00250. The van der Waals surface area contributed by atoms with E-state index in [9.17, 15) is 9.59 Å². The van der Waals surface area contributed by atoms with Gasteiger partial charge in [0.25, 0.3) is 0 Å². The van der Waals surface area contributed by atoms with Crippen LogP contribution in [0.15, 0.2) is 0 Å². The van der Waals surface area contributed by atoms with Crippen molar-refractivity contribution < 1.29 is 24.5 Å². The van der Waals surface area contributed by atoms with Crippen molar-refractivity contribution >= 4 is 11.9 Å². The second-order valence-electron chi connectivity index (χ2n) is 3.54. The van der Waals surface area contributed by atoms with Crippen molar-refractivity contribution in [1.29, 1.82) is 0 Å². The first-order chi connectivity index (χ1) is 5.92. The molecule has 1 fully saturated rings. The number of ether oxygens (including phenoxy) is 1. The van der Waals surface area contributed by atoms with Gasteiger partial charge in [-0.3, -0.25) is 4.79 Å². The molecule has 0 aromatic carbocycles. The molecular formula is C8H12O5. The maximum absolute atomic E-state index is 10.8. The Labute approximate surface area is 75.3 Å². The molecule has 0 radical (unpaired) electrons. The van der Waals surface area contributed by atoms with Gasteiger partial charge in [0.1, 0.15) is 5.92 Å². The van der Waals surface area contributed by atoms with E-state index < -0.39 is 23.5 Å². The zero-order valence-corrected chi connectivity index (χ0v) is 7.48. The highest BCUT2D eigenvalue weighted by Crippen LogP contribution is 2.39. The standard InChI is InChI=1S/C8H12O5/c1-4(2)5(6(9)10)8(3-13-8)7(11)12/h4-5H,3H2,1-2H3,(H,9,10)(H,11,12)/t5-,8+/m1/s1. The summed E-state index contributed by atoms with van der Waals surface area (Å²) in [5.41, 5.74) is -1.47. The summed E-state index contributed by atoms with van der Waals surface area (Å²) in [6.45, 7) is 3.34. The molecule has 1 heterocycles. The first-order valence-electron chi connectivity index (χ1n) is 4.02. The van der Waals surface area contributed by atoms with Crippen molar-refractivity contribution in [2.45, 2.75) is 19.4 Å². The summed E-state index contributed by atoms with van der Waals surface area (Å²) in [5.74, 6) is -3.52. The average Bonchev–Trinajstić information content (AvgIpc) is 2.66. The quantitative estimate of drug-likeness (QED) is 0.615. The second kappa shape index (κ2) is 2.99. The Hall–Kier alpha value is -1.10. The van der Waals surface area contributed by atoms with Gasteiger partial charge < -0.3 is 14.9 Å². The lowest BCUT2D eigenvalue weighted by molar-refractivity contribution is -0.157. The molecule has 2 N–H and O–H groups in total. The first-order valence-corrected chi connectivity index (χ1v) is 4.02. The smallest absolute Gasteiger partial charge is 0.339 e. The fourth-order valence-corrected chi connectivity index (χ4v) is 1.54. The molecule has 0 amide bonds. The van der Waals surface area contributed by atoms with E-state index >= 15 is 0 Å². The minimum atomic E-state index is -1.47. The second-order valence-corrected chi connectivity index (χ2v) is 3.54. The number of rotatable bonds is 4. The Morgan fingerprint density at radius 3 is 1.92 bits per heavy atom. The van der Waals surface area contributed by atoms with Crippen molar-refractivity contribution in [3.05, 3.63) is 0 Å². The van der Waals surface area contributed by atoms with Gasteiger partial charge in [-0.15, -0.1) is 0 Å². The van der Waals surface area contributed by atoms with E-state index in [0.717, 1.165) is 0 Å². The maximum atomic E-state index is 10.8. The molecule has 0 unspecified atom stereocenters. The largest absolute Gasteiger partial charge is 0.481 e. The number of carbonyl (C=O) groups is 2. The van der Waals surface area contributed by atoms with E-state index in [1.54, 1.807) is 13.8 Å². The van der Waals surface area contributed by atoms with E-state index in [2.05, 4.69) is 0 Å². The SMILES string of the molecule is CC(C)[C@H](C(=O)O)[C@]1(C(=O)O)CO1. The van der Waals surface area contributed by atoms with E-state index in [0.29, 0.717) is 0 Å². The van der Waals surface area contributed by atoms with Gasteiger partial charge in [0.05, 0.1) is 6.61 Å². The molecule has 0 bridgehead atoms. The molecule has 0 saturated carbocycles. The minimum Gasteiger partial charge on any atom is -0.481 e. The van der Waals surface area contributed by atoms with Crippen LogP contribution in [-0.4, -0.2) is 34.4 Å². The number of carboxylic acid groups (broad SMARTS) is 2. The van der Waals surface area contributed by atoms with Crippen LogP contribution < -0.4 is 0 Å². The molecule has 0 aliphatic carbocycles. The molecule has 1 rings (SSSR count). The lowest BCUT2D eigenvalue weighted by Crippen LogP contribution is -2.41. The Morgan fingerprint density at radius 2 is 1.85 bits per heavy atom. The summed E-state index contributed by atoms with van der Waals surface area (Å²) in [6, 6.07) is 0. The zero-order chi connectivity index (χ0) is 10.2. The topological polar surface area (TPSA) is 87.1 Å². The third-order valence-electron chi connectivity index (χ3n) is 2.25. The lowest BCUT2D eigenvalue weighted by atomic mass is 9.83. The number of aliphatic carboxylic acids is 2. The summed E-state index contributed by atoms with van der Waals surface area (Å²) in [5, 5.41) is 17.6. The van der Waals surface area contributed by atoms with Crippen molar-refractivity contribution in [3.8, 4) is 0 Å². The molecular weight excluding hydrogens is 176 g/mol. The van der Waals surface area contributed by atoms with Gasteiger partial charge in [0.15, 0.2) is 0 Å². The molecule has 5 nitrogen and oxygen atoms in total. The van der Waals surface area contributed by atoms with Gasteiger partial charge in [0.2, 0.25) is 5.60 Å². The highest BCUT2D eigenvalue weighted by molar-refractivity contribution is 5.88. The van der Waals surface area contributed by atoms with Crippen LogP contribution in [0, 0.1) is 11.8 Å². The zero-order valence-electron chi connectivity index (χ0n) is 7.48. The van der Waals surface area contributed by atoms with Gasteiger partial charge in [-0.25, -0.2) is 4.79 Å². The fraction of sp³-hybridized carbons (Fsp3) is 0.750. The Bertz CT molecular complexity index is 241. The van der Waals surface area contributed by atoms with E-state index in [4.69, 9.17) is 14.9 Å². The van der Waals surface area contributed by atoms with E-state index in [1.807, 2.05) is 0 Å². The predicted molar refractivity (Wildman–Crippen MR) is 42.3 cm³/mol. The Morgan fingerprint density at radius 1 is 1.38 bits per heavy atom. The molecule has 5 heteroatoms. The molecule has 1 saturated heterocycles. The van der Waals surface area contributed by atoms with Crippen molar-refractivity contribution in [1.82, 2.24) is 0 Å². The van der Waals surface area contributed by atoms with Crippen LogP contribution in [0.25, 0.3) is 0 Å². The number of carboxylic acids is 2. The van der Waals surface area contributed by atoms with Crippen LogP contribution in [0.5, 0.6) is 0 Å². The van der Waals surface area contributed by atoms with Crippen molar-refractivity contribution in [3.63, 3.8) is 0 Å². The molecule has 0 aromatic rings. The van der Waals surface area contributed by atoms with Crippen LogP contribution in [0.1, 0.15) is 13.8 Å². The Kier molecular flexibility index (Phi) is 2.30. The van der Waals surface area contributed by atoms with Crippen LogP contribution in [0.3, 0.4) is 0 Å². The normalized spacial score (nSPS) is 28.5. The molecule has 0 aromatic heterocycles. The fourth-order valence-electron chi connectivity index (χ4n) is 1.54. The summed E-state index contributed by atoms with van der Waals surface area (Å²) < 4.78 is 4.76. The highest BCUT2D eigenvalue weighted by atomic mass is 16.6. The third-order valence-corrected chi connectivity index (χ3v) is 2.25. The number of epoxide rings is 1. The van der Waals surface area contributed by atoms with Crippen LogP contribution in [0.4, 0.5) is 0 Å². The Balaban J connectivity index is 2.88. The third kappa shape index (κ3) is 1.51. The number of hydrogen-bond acceptors (Lipinski definition) is 3. The van der Waals surface area contributed by atoms with Gasteiger partial charge in [-0.05, 0) is 5.92 Å². The molecule has 0 spiro atoms.